The molecule has 0 atom stereocenters. The molecule has 0 aliphatic carbocycles. The molecule has 0 radical (unpaired) electrons. The number of fused-ring (bicyclic) bond motifs is 1. The number of rotatable bonds is 4. The van der Waals surface area contributed by atoms with Crippen molar-refractivity contribution in [3.63, 3.8) is 0 Å². The molecule has 0 fully saturated rings. The summed E-state index contributed by atoms with van der Waals surface area (Å²) in [6, 6.07) is 13.6. The lowest BCUT2D eigenvalue weighted by atomic mass is 10.2. The van der Waals surface area contributed by atoms with E-state index < -0.39 is 21.5 Å². The van der Waals surface area contributed by atoms with Gasteiger partial charge in [-0.05, 0) is 42.5 Å². The monoisotopic (exact) mass is 512 g/mol. The summed E-state index contributed by atoms with van der Waals surface area (Å²) in [5.41, 5.74) is 0.652. The van der Waals surface area contributed by atoms with Crippen LogP contribution in [0.1, 0.15) is 10.4 Å². The summed E-state index contributed by atoms with van der Waals surface area (Å²) in [6.07, 6.45) is 0. The van der Waals surface area contributed by atoms with Crippen LogP contribution in [0.15, 0.2) is 63.8 Å². The summed E-state index contributed by atoms with van der Waals surface area (Å²) in [4.78, 5) is 16.5. The van der Waals surface area contributed by atoms with E-state index >= 15 is 0 Å². The molecule has 1 aromatic heterocycles. The van der Waals surface area contributed by atoms with Gasteiger partial charge in [0, 0.05) is 10.7 Å². The van der Waals surface area contributed by atoms with E-state index in [1.807, 2.05) is 0 Å². The Morgan fingerprint density at radius 3 is 2.45 bits per heavy atom. The Morgan fingerprint density at radius 2 is 1.74 bits per heavy atom. The minimum Gasteiger partial charge on any atom is -0.506 e. The molecule has 1 amide bonds. The zero-order valence-corrected chi connectivity index (χ0v) is 19.2. The van der Waals surface area contributed by atoms with Gasteiger partial charge in [0.05, 0.1) is 30.7 Å². The molecule has 0 aliphatic heterocycles. The molecule has 31 heavy (non-hydrogen) atoms. The molecule has 4 rings (SSSR count). The lowest BCUT2D eigenvalue weighted by molar-refractivity contribution is 0.102. The summed E-state index contributed by atoms with van der Waals surface area (Å²) >= 11 is 19.0. The number of phenols is 1. The van der Waals surface area contributed by atoms with Gasteiger partial charge in [-0.15, -0.1) is 11.3 Å². The maximum Gasteiger partial charge on any atom is 0.259 e. The van der Waals surface area contributed by atoms with Crippen molar-refractivity contribution < 1.29 is 18.3 Å². The predicted octanol–water partition coefficient (Wildman–Crippen LogP) is 6.05. The molecule has 3 aromatic carbocycles. The number of amides is 1. The highest BCUT2D eigenvalue weighted by molar-refractivity contribution is 7.93. The van der Waals surface area contributed by atoms with Crippen LogP contribution in [0.2, 0.25) is 15.1 Å². The second-order valence-corrected chi connectivity index (χ2v) is 10.7. The van der Waals surface area contributed by atoms with Gasteiger partial charge in [-0.25, -0.2) is 13.4 Å². The number of nitrogens with zero attached hydrogens (tertiary/aromatic N) is 1. The average molecular weight is 514 g/mol. The lowest BCUT2D eigenvalue weighted by Crippen LogP contribution is -2.12. The molecule has 6 nitrogen and oxygen atoms in total. The standard InChI is InChI=1S/C20H11Cl3N2O4S2/c21-10-7-12(18(26)14(23)8-10)19(27)24-11-5-6-17(13(22)9-11)31(28,29)20-25-15-3-1-2-4-16(15)30-20/h1-9,26H,(H,24,27). The van der Waals surface area contributed by atoms with Crippen molar-refractivity contribution in [2.75, 3.05) is 5.32 Å². The van der Waals surface area contributed by atoms with Crippen molar-refractivity contribution in [3.05, 3.63) is 75.2 Å². The van der Waals surface area contributed by atoms with Crippen molar-refractivity contribution in [2.45, 2.75) is 9.24 Å². The molecule has 158 valence electrons. The Morgan fingerprint density at radius 1 is 1.00 bits per heavy atom. The number of phenolic OH excluding ortho intramolecular Hbond substituents is 1. The Balaban J connectivity index is 1.64. The number of aromatic nitrogens is 1. The zero-order valence-electron chi connectivity index (χ0n) is 15.3. The number of anilines is 1. The van der Waals surface area contributed by atoms with Gasteiger partial charge in [0.15, 0.2) is 0 Å². The Hall–Kier alpha value is -2.36. The molecular weight excluding hydrogens is 503 g/mol. The number of hydrogen-bond acceptors (Lipinski definition) is 6. The number of sulfone groups is 1. The van der Waals surface area contributed by atoms with Gasteiger partial charge in [-0.1, -0.05) is 46.9 Å². The summed E-state index contributed by atoms with van der Waals surface area (Å²) in [5.74, 6) is -1.12. The van der Waals surface area contributed by atoms with Crippen LogP contribution in [0.5, 0.6) is 5.75 Å². The van der Waals surface area contributed by atoms with Crippen molar-refractivity contribution in [2.24, 2.45) is 0 Å². The van der Waals surface area contributed by atoms with Crippen molar-refractivity contribution in [1.29, 1.82) is 0 Å². The number of carbonyl (C=O) groups excluding carboxylic acids is 1. The largest absolute Gasteiger partial charge is 0.506 e. The van der Waals surface area contributed by atoms with Crippen LogP contribution in [-0.2, 0) is 9.84 Å². The minimum absolute atomic E-state index is 0.0760. The van der Waals surface area contributed by atoms with Gasteiger partial charge in [0.2, 0.25) is 14.2 Å². The molecule has 2 N–H and O–H groups in total. The number of aromatic hydroxyl groups is 1. The highest BCUT2D eigenvalue weighted by atomic mass is 35.5. The molecule has 0 bridgehead atoms. The summed E-state index contributed by atoms with van der Waals surface area (Å²) in [6.45, 7) is 0. The number of hydrogen-bond donors (Lipinski definition) is 2. The molecule has 0 unspecified atom stereocenters. The number of nitrogens with one attached hydrogen (secondary N) is 1. The second-order valence-electron chi connectivity index (χ2n) is 6.33. The first-order chi connectivity index (χ1) is 14.7. The number of thiazole rings is 1. The molecule has 4 aromatic rings. The summed E-state index contributed by atoms with van der Waals surface area (Å²) < 4.78 is 26.7. The highest BCUT2D eigenvalue weighted by Crippen LogP contribution is 2.35. The number of para-hydroxylation sites is 1. The molecule has 0 saturated carbocycles. The quantitative estimate of drug-likeness (QED) is 0.346. The van der Waals surface area contributed by atoms with E-state index in [0.29, 0.717) is 5.52 Å². The fraction of sp³-hybridized carbons (Fsp3) is 0. The van der Waals surface area contributed by atoms with E-state index in [0.717, 1.165) is 16.0 Å². The molecule has 11 heteroatoms. The first-order valence-electron chi connectivity index (χ1n) is 8.56. The van der Waals surface area contributed by atoms with E-state index in [2.05, 4.69) is 10.3 Å². The van der Waals surface area contributed by atoms with E-state index in [9.17, 15) is 18.3 Å². The van der Waals surface area contributed by atoms with E-state index in [1.165, 1.54) is 30.3 Å². The fourth-order valence-electron chi connectivity index (χ4n) is 2.79. The topological polar surface area (TPSA) is 96.4 Å². The third-order valence-corrected chi connectivity index (χ3v) is 8.41. The van der Waals surface area contributed by atoms with Crippen molar-refractivity contribution in [1.82, 2.24) is 4.98 Å². The van der Waals surface area contributed by atoms with Gasteiger partial charge in [0.1, 0.15) is 5.75 Å². The molecule has 1 heterocycles. The van der Waals surface area contributed by atoms with Gasteiger partial charge in [-0.2, -0.15) is 0 Å². The Kier molecular flexibility index (Phi) is 5.85. The van der Waals surface area contributed by atoms with E-state index in [4.69, 9.17) is 34.8 Å². The lowest BCUT2D eigenvalue weighted by Gasteiger charge is -2.10. The molecule has 0 aliphatic rings. The number of halogens is 3. The highest BCUT2D eigenvalue weighted by Gasteiger charge is 2.25. The van der Waals surface area contributed by atoms with Crippen LogP contribution in [-0.4, -0.2) is 24.4 Å². The van der Waals surface area contributed by atoms with Gasteiger partial charge >= 0.3 is 0 Å². The van der Waals surface area contributed by atoms with Crippen LogP contribution < -0.4 is 5.32 Å². The average Bonchev–Trinajstić information content (AvgIpc) is 3.15. The van der Waals surface area contributed by atoms with Crippen molar-refractivity contribution >= 4 is 77.8 Å². The third-order valence-electron chi connectivity index (χ3n) is 4.26. The predicted molar refractivity (Wildman–Crippen MR) is 123 cm³/mol. The molecular formula is C20H11Cl3N2O4S2. The van der Waals surface area contributed by atoms with Crippen LogP contribution in [0.25, 0.3) is 10.2 Å². The first-order valence-corrected chi connectivity index (χ1v) is 12.0. The van der Waals surface area contributed by atoms with Crippen LogP contribution >= 0.6 is 46.1 Å². The zero-order chi connectivity index (χ0) is 22.3. The SMILES string of the molecule is O=C(Nc1ccc(S(=O)(=O)c2nc3ccccc3s2)c(Cl)c1)c1cc(Cl)cc(Cl)c1O. The Bertz CT molecular complexity index is 1420. The van der Waals surface area contributed by atoms with E-state index in [-0.39, 0.29) is 35.6 Å². The maximum absolute atomic E-state index is 13.0. The smallest absolute Gasteiger partial charge is 0.259 e. The molecule has 0 saturated heterocycles. The van der Waals surface area contributed by atoms with Gasteiger partial charge in [0.25, 0.3) is 5.91 Å². The van der Waals surface area contributed by atoms with Crippen LogP contribution in [0.3, 0.4) is 0 Å². The summed E-state index contributed by atoms with van der Waals surface area (Å²) in [5, 5.41) is 12.5. The van der Waals surface area contributed by atoms with Crippen LogP contribution in [0, 0.1) is 0 Å². The summed E-state index contributed by atoms with van der Waals surface area (Å²) in [7, 11) is -3.96. The number of carbonyl (C=O) groups is 1. The number of benzene rings is 3. The van der Waals surface area contributed by atoms with Crippen LogP contribution in [0.4, 0.5) is 5.69 Å². The third kappa shape index (κ3) is 4.22. The minimum atomic E-state index is -3.96. The van der Waals surface area contributed by atoms with Crippen molar-refractivity contribution in [3.8, 4) is 5.75 Å². The Labute approximate surface area is 195 Å². The first kappa shape index (κ1) is 21.9. The maximum atomic E-state index is 13.0. The normalized spacial score (nSPS) is 11.6. The molecule has 0 spiro atoms. The second kappa shape index (κ2) is 8.29. The van der Waals surface area contributed by atoms with Gasteiger partial charge in [-0.3, -0.25) is 4.79 Å². The van der Waals surface area contributed by atoms with Gasteiger partial charge < -0.3 is 10.4 Å². The fourth-order valence-corrected chi connectivity index (χ4v) is 6.42. The van der Waals surface area contributed by atoms with E-state index in [1.54, 1.807) is 24.3 Å².